The molecule has 3 rings (SSSR count). The molecule has 1 aliphatic heterocycles. The van der Waals surface area contributed by atoms with Crippen molar-refractivity contribution in [1.82, 2.24) is 26.2 Å². The van der Waals surface area contributed by atoms with E-state index in [9.17, 15) is 43.5 Å². The van der Waals surface area contributed by atoms with Crippen molar-refractivity contribution in [3.05, 3.63) is 0 Å². The lowest BCUT2D eigenvalue weighted by atomic mass is 9.80. The minimum absolute atomic E-state index is 0.0606. The predicted octanol–water partition coefficient (Wildman–Crippen LogP) is 1.47. The van der Waals surface area contributed by atoms with Gasteiger partial charge in [0.25, 0.3) is 5.91 Å². The van der Waals surface area contributed by atoms with E-state index in [2.05, 4.69) is 28.2 Å². The molecule has 3 aliphatic rings. The van der Waals surface area contributed by atoms with Crippen LogP contribution in [0.3, 0.4) is 0 Å². The molecular formula is C38H62N6O10. The molecule has 1 saturated heterocycles. The molecule has 0 aromatic heterocycles. The number of ether oxygens (including phenoxy) is 1. The summed E-state index contributed by atoms with van der Waals surface area (Å²) >= 11 is 0. The maximum atomic E-state index is 14.5. The van der Waals surface area contributed by atoms with Gasteiger partial charge in [-0.15, -0.1) is 0 Å². The second-order valence-corrected chi connectivity index (χ2v) is 15.4. The number of rotatable bonds is 21. The number of Topliss-reactive ketones (excluding diaryl/α,β-unsaturated/α-hetero) is 1. The summed E-state index contributed by atoms with van der Waals surface area (Å²) in [5.41, 5.74) is 5.37. The van der Waals surface area contributed by atoms with E-state index in [1.165, 1.54) is 4.90 Å². The van der Waals surface area contributed by atoms with Crippen molar-refractivity contribution in [2.24, 2.45) is 23.5 Å². The largest absolute Gasteiger partial charge is 0.480 e. The number of carbonyl (C=O) groups excluding carboxylic acids is 7. The first-order valence-corrected chi connectivity index (χ1v) is 19.9. The Morgan fingerprint density at radius 1 is 0.833 bits per heavy atom. The Bertz CT molecular complexity index is 1330. The lowest BCUT2D eigenvalue weighted by Gasteiger charge is -2.35. The van der Waals surface area contributed by atoms with E-state index in [1.54, 1.807) is 6.92 Å². The fourth-order valence-corrected chi connectivity index (χ4v) is 7.83. The molecule has 2 aliphatic carbocycles. The van der Waals surface area contributed by atoms with E-state index in [0.717, 1.165) is 64.2 Å². The molecular weight excluding hydrogens is 700 g/mol. The third kappa shape index (κ3) is 14.0. The number of carbonyl (C=O) groups is 8. The monoisotopic (exact) mass is 762 g/mol. The summed E-state index contributed by atoms with van der Waals surface area (Å²) in [7, 11) is 0. The molecule has 2 saturated carbocycles. The maximum absolute atomic E-state index is 14.5. The first-order valence-electron chi connectivity index (χ1n) is 19.9. The fraction of sp³-hybridized carbons (Fsp3) is 0.789. The second kappa shape index (κ2) is 22.3. The van der Waals surface area contributed by atoms with E-state index >= 15 is 0 Å². The lowest BCUT2D eigenvalue weighted by Crippen LogP contribution is -2.58. The first kappa shape index (κ1) is 44.3. The number of nitrogens with two attached hydrogens (primary N) is 1. The van der Waals surface area contributed by atoms with E-state index in [-0.39, 0.29) is 37.1 Å². The molecule has 7 N–H and O–H groups in total. The lowest BCUT2D eigenvalue weighted by molar-refractivity contribution is -0.145. The number of primary amides is 1. The summed E-state index contributed by atoms with van der Waals surface area (Å²) in [6.07, 6.45) is 9.93. The third-order valence-corrected chi connectivity index (χ3v) is 11.0. The van der Waals surface area contributed by atoms with Gasteiger partial charge in [-0.25, -0.2) is 4.79 Å². The Hall–Kier alpha value is -4.08. The molecule has 5 unspecified atom stereocenters. The van der Waals surface area contributed by atoms with Gasteiger partial charge in [0.05, 0.1) is 18.7 Å². The average Bonchev–Trinajstić information content (AvgIpc) is 3.58. The van der Waals surface area contributed by atoms with Crippen LogP contribution in [0.1, 0.15) is 124 Å². The van der Waals surface area contributed by atoms with Crippen molar-refractivity contribution in [1.29, 1.82) is 0 Å². The van der Waals surface area contributed by atoms with Gasteiger partial charge in [-0.2, -0.15) is 0 Å². The van der Waals surface area contributed by atoms with E-state index in [4.69, 9.17) is 10.5 Å². The molecule has 0 aromatic rings. The van der Waals surface area contributed by atoms with Crippen LogP contribution in [0.25, 0.3) is 0 Å². The molecule has 0 radical (unpaired) electrons. The van der Waals surface area contributed by atoms with Crippen LogP contribution in [-0.4, -0.2) is 107 Å². The number of hydrogen-bond acceptors (Lipinski definition) is 9. The molecule has 304 valence electrons. The number of amides is 6. The van der Waals surface area contributed by atoms with Gasteiger partial charge >= 0.3 is 5.97 Å². The van der Waals surface area contributed by atoms with Gasteiger partial charge in [-0.3, -0.25) is 33.6 Å². The second-order valence-electron chi connectivity index (χ2n) is 15.4. The SMILES string of the molecule is CCCCC(NC(=O)CNC(=O)C(=O)C(CCC)NC(=O)C1CC(OCC(=O)O)CN1C(=O)C(NC(=O)CC1CCC(C)CC1)C1CCCCC1)C(N)=O. The van der Waals surface area contributed by atoms with Gasteiger partial charge < -0.3 is 41.7 Å². The Labute approximate surface area is 318 Å². The number of carboxylic acids is 1. The molecule has 1 heterocycles. The number of unbranched alkanes of at least 4 members (excludes halogenated alkanes) is 1. The smallest absolute Gasteiger partial charge is 0.329 e. The molecule has 5 atom stereocenters. The van der Waals surface area contributed by atoms with Crippen LogP contribution in [0.4, 0.5) is 0 Å². The summed E-state index contributed by atoms with van der Waals surface area (Å²) in [5.74, 6) is -5.48. The number of carboxylic acid groups (broad SMARTS) is 1. The number of nitrogens with one attached hydrogen (secondary N) is 4. The van der Waals surface area contributed by atoms with Gasteiger partial charge in [0.15, 0.2) is 0 Å². The van der Waals surface area contributed by atoms with Gasteiger partial charge in [-0.1, -0.05) is 72.1 Å². The minimum atomic E-state index is -1.29. The van der Waals surface area contributed by atoms with E-state index < -0.39 is 84.7 Å². The van der Waals surface area contributed by atoms with Crippen LogP contribution in [0.15, 0.2) is 0 Å². The highest BCUT2D eigenvalue weighted by atomic mass is 16.5. The van der Waals surface area contributed by atoms with Gasteiger partial charge in [0.1, 0.15) is 24.7 Å². The van der Waals surface area contributed by atoms with Gasteiger partial charge in [0.2, 0.25) is 35.3 Å². The topological polar surface area (TPSA) is 243 Å². The highest BCUT2D eigenvalue weighted by molar-refractivity contribution is 6.38. The Morgan fingerprint density at radius 2 is 1.52 bits per heavy atom. The van der Waals surface area contributed by atoms with Crippen molar-refractivity contribution < 1.29 is 48.2 Å². The molecule has 16 nitrogen and oxygen atoms in total. The summed E-state index contributed by atoms with van der Waals surface area (Å²) in [6.45, 7) is 4.53. The van der Waals surface area contributed by atoms with E-state index in [0.29, 0.717) is 31.6 Å². The molecule has 0 bridgehead atoms. The van der Waals surface area contributed by atoms with Crippen molar-refractivity contribution in [3.8, 4) is 0 Å². The number of likely N-dealkylation sites (tertiary alicyclic amines) is 1. The fourth-order valence-electron chi connectivity index (χ4n) is 7.83. The van der Waals surface area contributed by atoms with Crippen molar-refractivity contribution in [2.75, 3.05) is 19.7 Å². The zero-order valence-electron chi connectivity index (χ0n) is 32.2. The molecule has 16 heteroatoms. The summed E-state index contributed by atoms with van der Waals surface area (Å²) in [4.78, 5) is 105. The molecule has 54 heavy (non-hydrogen) atoms. The van der Waals surface area contributed by atoms with E-state index in [1.807, 2.05) is 6.92 Å². The Kier molecular flexibility index (Phi) is 18.3. The maximum Gasteiger partial charge on any atom is 0.329 e. The third-order valence-electron chi connectivity index (χ3n) is 11.0. The Balaban J connectivity index is 1.75. The molecule has 0 spiro atoms. The normalized spacial score (nSPS) is 23.4. The van der Waals surface area contributed by atoms with Crippen LogP contribution in [0.5, 0.6) is 0 Å². The molecule has 3 fully saturated rings. The van der Waals surface area contributed by atoms with Crippen molar-refractivity contribution in [2.45, 2.75) is 154 Å². The summed E-state index contributed by atoms with van der Waals surface area (Å²) < 4.78 is 5.54. The number of ketones is 1. The number of nitrogens with zero attached hydrogens (tertiary/aromatic N) is 1. The summed E-state index contributed by atoms with van der Waals surface area (Å²) in [5, 5.41) is 19.6. The highest BCUT2D eigenvalue weighted by Crippen LogP contribution is 2.32. The quantitative estimate of drug-likeness (QED) is 0.0920. The standard InChI is InChI=1S/C38H62N6O10/c1-4-6-13-28(35(39)50)41-31(46)20-40-37(52)34(49)27(10-5-2)42-36(51)29-19-26(54-22-32(47)48)21-44(29)38(53)33(25-11-8-7-9-12-25)43-30(45)18-24-16-14-23(3)15-17-24/h23-29,33H,4-22H2,1-3H3,(H2,39,50)(H,40,52)(H,41,46)(H,42,51)(H,43,45)(H,47,48). The van der Waals surface area contributed by atoms with Gasteiger partial charge in [0, 0.05) is 19.4 Å². The Morgan fingerprint density at radius 3 is 2.13 bits per heavy atom. The number of hydrogen-bond donors (Lipinski definition) is 6. The zero-order chi connectivity index (χ0) is 39.8. The van der Waals surface area contributed by atoms with Crippen LogP contribution < -0.4 is 27.0 Å². The van der Waals surface area contributed by atoms with Crippen molar-refractivity contribution in [3.63, 3.8) is 0 Å². The highest BCUT2D eigenvalue weighted by Gasteiger charge is 2.45. The molecule has 0 aromatic carbocycles. The minimum Gasteiger partial charge on any atom is -0.480 e. The summed E-state index contributed by atoms with van der Waals surface area (Å²) in [6, 6.07) is -4.29. The van der Waals surface area contributed by atoms with Crippen LogP contribution in [0, 0.1) is 17.8 Å². The first-order chi connectivity index (χ1) is 25.7. The zero-order valence-corrected chi connectivity index (χ0v) is 32.2. The van der Waals surface area contributed by atoms with Gasteiger partial charge in [-0.05, 0) is 56.3 Å². The van der Waals surface area contributed by atoms with Crippen LogP contribution in [-0.2, 0) is 43.1 Å². The van der Waals surface area contributed by atoms with Crippen LogP contribution in [0.2, 0.25) is 0 Å². The van der Waals surface area contributed by atoms with Crippen molar-refractivity contribution >= 4 is 47.2 Å². The van der Waals surface area contributed by atoms with Crippen LogP contribution >= 0.6 is 0 Å². The average molecular weight is 763 g/mol. The molecule has 6 amide bonds. The predicted molar refractivity (Wildman–Crippen MR) is 197 cm³/mol. The number of aliphatic carboxylic acids is 1.